The van der Waals surface area contributed by atoms with Gasteiger partial charge in [0.2, 0.25) is 0 Å². The van der Waals surface area contributed by atoms with Gasteiger partial charge in [0.25, 0.3) is 0 Å². The Morgan fingerprint density at radius 3 is 2.35 bits per heavy atom. The van der Waals surface area contributed by atoms with Gasteiger partial charge in [-0.1, -0.05) is 61.6 Å². The Labute approximate surface area is 186 Å². The number of hydrogen-bond acceptors (Lipinski definition) is 0. The van der Waals surface area contributed by atoms with Crippen LogP contribution < -0.4 is 0 Å². The van der Waals surface area contributed by atoms with Crippen LogP contribution in [0.2, 0.25) is 0 Å². The fraction of sp³-hybridized carbons (Fsp3) is 0.333. The summed E-state index contributed by atoms with van der Waals surface area (Å²) >= 11 is 0. The molecule has 1 aliphatic rings. The lowest BCUT2D eigenvalue weighted by atomic mass is 9.78. The quantitative estimate of drug-likeness (QED) is 0.294. The van der Waals surface area contributed by atoms with E-state index in [2.05, 4.69) is 49.6 Å². The van der Waals surface area contributed by atoms with Gasteiger partial charge in [0.05, 0.1) is 0 Å². The molecular formula is C30H31F. The summed E-state index contributed by atoms with van der Waals surface area (Å²) in [7, 11) is 0. The molecule has 0 aromatic heterocycles. The van der Waals surface area contributed by atoms with E-state index in [1.165, 1.54) is 37.7 Å². The van der Waals surface area contributed by atoms with Gasteiger partial charge < -0.3 is 0 Å². The first-order chi connectivity index (χ1) is 15.2. The molecule has 4 rings (SSSR count). The van der Waals surface area contributed by atoms with E-state index in [9.17, 15) is 4.39 Å². The molecule has 1 saturated carbocycles. The Morgan fingerprint density at radius 2 is 1.65 bits per heavy atom. The van der Waals surface area contributed by atoms with Crippen LogP contribution in [0, 0.1) is 23.6 Å². The molecule has 0 radical (unpaired) electrons. The van der Waals surface area contributed by atoms with Crippen LogP contribution in [0.3, 0.4) is 0 Å². The van der Waals surface area contributed by atoms with Crippen LogP contribution in [-0.4, -0.2) is 0 Å². The summed E-state index contributed by atoms with van der Waals surface area (Å²) < 4.78 is 14.7. The number of hydrogen-bond donors (Lipinski definition) is 0. The summed E-state index contributed by atoms with van der Waals surface area (Å²) in [6.07, 6.45) is 9.96. The molecular weight excluding hydrogens is 379 g/mol. The van der Waals surface area contributed by atoms with Gasteiger partial charge in [-0.05, 0) is 91.1 Å². The minimum Gasteiger partial charge on any atom is -0.206 e. The molecule has 3 aromatic rings. The van der Waals surface area contributed by atoms with Crippen LogP contribution in [0.25, 0.3) is 10.8 Å². The van der Waals surface area contributed by atoms with Gasteiger partial charge in [0, 0.05) is 16.5 Å². The lowest BCUT2D eigenvalue weighted by Crippen LogP contribution is -2.12. The molecule has 0 saturated heterocycles. The normalized spacial score (nSPS) is 18.4. The Balaban J connectivity index is 1.47. The average Bonchev–Trinajstić information content (AvgIpc) is 2.83. The summed E-state index contributed by atoms with van der Waals surface area (Å²) in [6.45, 7) is 6.03. The van der Waals surface area contributed by atoms with Crippen molar-refractivity contribution in [2.75, 3.05) is 0 Å². The topological polar surface area (TPSA) is 0 Å². The highest BCUT2D eigenvalue weighted by Crippen LogP contribution is 2.36. The number of rotatable bonds is 5. The van der Waals surface area contributed by atoms with Crippen LogP contribution in [0.15, 0.2) is 67.3 Å². The first-order valence-electron chi connectivity index (χ1n) is 11.6. The van der Waals surface area contributed by atoms with Crippen molar-refractivity contribution in [3.63, 3.8) is 0 Å². The highest BCUT2D eigenvalue weighted by atomic mass is 19.1. The molecule has 0 spiro atoms. The minimum absolute atomic E-state index is 0.123. The zero-order chi connectivity index (χ0) is 21.6. The van der Waals surface area contributed by atoms with Gasteiger partial charge in [0.1, 0.15) is 5.82 Å². The maximum Gasteiger partial charge on any atom is 0.134 e. The molecule has 158 valence electrons. The molecule has 0 unspecified atom stereocenters. The Hall–Kier alpha value is -2.85. The molecule has 0 nitrogen and oxygen atoms in total. The molecule has 0 heterocycles. The van der Waals surface area contributed by atoms with E-state index in [4.69, 9.17) is 0 Å². The minimum atomic E-state index is -0.123. The van der Waals surface area contributed by atoms with Gasteiger partial charge in [-0.25, -0.2) is 4.39 Å². The van der Waals surface area contributed by atoms with Crippen molar-refractivity contribution in [1.29, 1.82) is 0 Å². The van der Waals surface area contributed by atoms with E-state index in [-0.39, 0.29) is 5.82 Å². The zero-order valence-electron chi connectivity index (χ0n) is 18.5. The van der Waals surface area contributed by atoms with E-state index in [1.807, 2.05) is 36.4 Å². The summed E-state index contributed by atoms with van der Waals surface area (Å²) in [5, 5.41) is 1.55. The predicted molar refractivity (Wildman–Crippen MR) is 130 cm³/mol. The second-order valence-electron chi connectivity index (χ2n) is 8.80. The highest BCUT2D eigenvalue weighted by Gasteiger charge is 2.20. The van der Waals surface area contributed by atoms with Crippen LogP contribution in [0.4, 0.5) is 4.39 Å². The van der Waals surface area contributed by atoms with Gasteiger partial charge in [-0.15, -0.1) is 6.58 Å². The summed E-state index contributed by atoms with van der Waals surface area (Å²) in [6, 6.07) is 18.4. The lowest BCUT2D eigenvalue weighted by molar-refractivity contribution is 0.319. The number of aryl methyl sites for hydroxylation is 1. The molecule has 0 amide bonds. The molecule has 0 N–H and O–H groups in total. The fourth-order valence-corrected chi connectivity index (χ4v) is 4.75. The van der Waals surface area contributed by atoms with Gasteiger partial charge in [-0.3, -0.25) is 0 Å². The Bertz CT molecular complexity index is 1100. The standard InChI is InChI=1S/C30H31F/c1-3-5-6-27-18-19-28-21-24(13-20-29(28)30(27)31)8-7-23-11-16-26(17-12-23)25-14-9-22(4-2)10-15-25/h3,11-13,16-22,25H,1,4-6,9-10,14-15H2,2H3. The van der Waals surface area contributed by atoms with Crippen molar-refractivity contribution in [3.05, 3.63) is 95.3 Å². The molecule has 0 bridgehead atoms. The van der Waals surface area contributed by atoms with E-state index >= 15 is 0 Å². The highest BCUT2D eigenvalue weighted by molar-refractivity contribution is 5.85. The van der Waals surface area contributed by atoms with Crippen LogP contribution in [0.5, 0.6) is 0 Å². The average molecular weight is 411 g/mol. The SMILES string of the molecule is C=CCCc1ccc2cc(C#Cc3ccc(C4CCC(CC)CC4)cc3)ccc2c1F. The van der Waals surface area contributed by atoms with E-state index in [0.717, 1.165) is 34.4 Å². The Kier molecular flexibility index (Phi) is 6.88. The summed E-state index contributed by atoms with van der Waals surface area (Å²) in [5.74, 6) is 8.03. The van der Waals surface area contributed by atoms with Crippen molar-refractivity contribution in [2.45, 2.75) is 57.8 Å². The van der Waals surface area contributed by atoms with Crippen LogP contribution in [-0.2, 0) is 6.42 Å². The molecule has 0 aliphatic heterocycles. The van der Waals surface area contributed by atoms with Crippen molar-refractivity contribution in [1.82, 2.24) is 0 Å². The van der Waals surface area contributed by atoms with Crippen LogP contribution >= 0.6 is 0 Å². The predicted octanol–water partition coefficient (Wildman–Crippen LogP) is 8.18. The molecule has 0 atom stereocenters. The van der Waals surface area contributed by atoms with Crippen molar-refractivity contribution in [3.8, 4) is 11.8 Å². The number of benzene rings is 3. The maximum atomic E-state index is 14.7. The molecule has 31 heavy (non-hydrogen) atoms. The van der Waals surface area contributed by atoms with E-state index < -0.39 is 0 Å². The third-order valence-electron chi connectivity index (χ3n) is 6.81. The van der Waals surface area contributed by atoms with Gasteiger partial charge in [-0.2, -0.15) is 0 Å². The van der Waals surface area contributed by atoms with E-state index in [1.54, 1.807) is 0 Å². The van der Waals surface area contributed by atoms with Crippen molar-refractivity contribution >= 4 is 10.8 Å². The summed E-state index contributed by atoms with van der Waals surface area (Å²) in [4.78, 5) is 0. The first-order valence-corrected chi connectivity index (χ1v) is 11.6. The fourth-order valence-electron chi connectivity index (χ4n) is 4.75. The van der Waals surface area contributed by atoms with Crippen molar-refractivity contribution in [2.24, 2.45) is 5.92 Å². The van der Waals surface area contributed by atoms with Crippen molar-refractivity contribution < 1.29 is 4.39 Å². The second-order valence-corrected chi connectivity index (χ2v) is 8.80. The summed E-state index contributed by atoms with van der Waals surface area (Å²) in [5.41, 5.74) is 4.13. The molecule has 1 heteroatoms. The molecule has 1 aliphatic carbocycles. The monoisotopic (exact) mass is 410 g/mol. The number of fused-ring (bicyclic) bond motifs is 1. The third-order valence-corrected chi connectivity index (χ3v) is 6.81. The van der Waals surface area contributed by atoms with Gasteiger partial charge >= 0.3 is 0 Å². The largest absolute Gasteiger partial charge is 0.206 e. The number of halogens is 1. The Morgan fingerprint density at radius 1 is 0.935 bits per heavy atom. The first kappa shape index (κ1) is 21.4. The second kappa shape index (κ2) is 9.97. The smallest absolute Gasteiger partial charge is 0.134 e. The zero-order valence-corrected chi connectivity index (χ0v) is 18.5. The third kappa shape index (κ3) is 5.08. The lowest BCUT2D eigenvalue weighted by Gasteiger charge is -2.28. The molecule has 1 fully saturated rings. The van der Waals surface area contributed by atoms with Crippen LogP contribution in [0.1, 0.15) is 73.6 Å². The van der Waals surface area contributed by atoms with Gasteiger partial charge in [0.15, 0.2) is 0 Å². The maximum absolute atomic E-state index is 14.7. The number of allylic oxidation sites excluding steroid dienone is 1. The molecule has 3 aromatic carbocycles. The van der Waals surface area contributed by atoms with E-state index in [0.29, 0.717) is 17.7 Å².